The first kappa shape index (κ1) is 14.8. The van der Waals surface area contributed by atoms with E-state index in [0.29, 0.717) is 12.6 Å². The van der Waals surface area contributed by atoms with Crippen LogP contribution in [0.15, 0.2) is 0 Å². The van der Waals surface area contributed by atoms with Crippen molar-refractivity contribution in [3.05, 3.63) is 0 Å². The first-order valence-corrected chi connectivity index (χ1v) is 7.93. The van der Waals surface area contributed by atoms with Crippen LogP contribution in [0.4, 0.5) is 0 Å². The lowest BCUT2D eigenvalue weighted by Gasteiger charge is -2.42. The van der Waals surface area contributed by atoms with Crippen molar-refractivity contribution in [2.75, 3.05) is 39.3 Å². The van der Waals surface area contributed by atoms with E-state index in [9.17, 15) is 0 Å². The molecule has 0 aromatic heterocycles. The van der Waals surface area contributed by atoms with Crippen molar-refractivity contribution in [2.45, 2.75) is 51.1 Å². The van der Waals surface area contributed by atoms with Crippen LogP contribution < -0.4 is 5.32 Å². The van der Waals surface area contributed by atoms with E-state index in [4.69, 9.17) is 6.42 Å². The van der Waals surface area contributed by atoms with Gasteiger partial charge in [0.25, 0.3) is 0 Å². The van der Waals surface area contributed by atoms with Gasteiger partial charge in [-0.05, 0) is 58.8 Å². The Morgan fingerprint density at radius 3 is 2.47 bits per heavy atom. The maximum atomic E-state index is 5.26. The molecular formula is C16H29N3. The lowest BCUT2D eigenvalue weighted by Crippen LogP contribution is -2.50. The second-order valence-electron chi connectivity index (χ2n) is 6.05. The van der Waals surface area contributed by atoms with E-state index in [-0.39, 0.29) is 0 Å². The molecule has 3 heteroatoms. The van der Waals surface area contributed by atoms with Crippen LogP contribution in [0.5, 0.6) is 0 Å². The summed E-state index contributed by atoms with van der Waals surface area (Å²) in [6, 6.07) is 1.46. The molecule has 0 aromatic rings. The Balaban J connectivity index is 1.68. The quantitative estimate of drug-likeness (QED) is 0.600. The first-order valence-electron chi connectivity index (χ1n) is 7.93. The molecule has 1 N–H and O–H groups in total. The van der Waals surface area contributed by atoms with E-state index in [1.165, 1.54) is 58.3 Å². The largest absolute Gasteiger partial charge is 0.305 e. The molecule has 2 saturated heterocycles. The van der Waals surface area contributed by atoms with Gasteiger partial charge in [-0.15, -0.1) is 6.42 Å². The van der Waals surface area contributed by atoms with E-state index < -0.39 is 0 Å². The van der Waals surface area contributed by atoms with Gasteiger partial charge in [0.15, 0.2) is 0 Å². The maximum absolute atomic E-state index is 5.26. The molecule has 19 heavy (non-hydrogen) atoms. The summed E-state index contributed by atoms with van der Waals surface area (Å²) in [5, 5.41) is 3.32. The first-order chi connectivity index (χ1) is 9.31. The molecule has 0 aromatic carbocycles. The number of nitrogens with zero attached hydrogens (tertiary/aromatic N) is 2. The molecule has 0 saturated carbocycles. The molecule has 0 radical (unpaired) electrons. The highest BCUT2D eigenvalue weighted by molar-refractivity contribution is 4.88. The second-order valence-corrected chi connectivity index (χ2v) is 6.05. The van der Waals surface area contributed by atoms with E-state index in [1.807, 2.05) is 0 Å². The van der Waals surface area contributed by atoms with Gasteiger partial charge in [0, 0.05) is 18.6 Å². The van der Waals surface area contributed by atoms with Crippen LogP contribution in [0.2, 0.25) is 0 Å². The van der Waals surface area contributed by atoms with Gasteiger partial charge in [-0.2, -0.15) is 0 Å². The smallest absolute Gasteiger partial charge is 0.0574 e. The van der Waals surface area contributed by atoms with Crippen LogP contribution in [0, 0.1) is 12.3 Å². The average Bonchev–Trinajstić information content (AvgIpc) is 2.48. The SMILES string of the molecule is C#CCNCC(C)N1CCC(N2CCCCC2)CC1. The van der Waals surface area contributed by atoms with E-state index in [2.05, 4.69) is 28.0 Å². The minimum Gasteiger partial charge on any atom is -0.305 e. The summed E-state index contributed by atoms with van der Waals surface area (Å²) in [6.07, 6.45) is 12.2. The van der Waals surface area contributed by atoms with Crippen LogP contribution in [0.1, 0.15) is 39.0 Å². The summed E-state index contributed by atoms with van der Waals surface area (Å²) in [5.74, 6) is 2.64. The molecule has 2 aliphatic rings. The second kappa shape index (κ2) is 7.89. The Bertz CT molecular complexity index is 283. The number of hydrogen-bond donors (Lipinski definition) is 1. The van der Waals surface area contributed by atoms with Crippen molar-refractivity contribution in [2.24, 2.45) is 0 Å². The van der Waals surface area contributed by atoms with Gasteiger partial charge in [-0.1, -0.05) is 12.3 Å². The summed E-state index contributed by atoms with van der Waals surface area (Å²) < 4.78 is 0. The number of piperidine rings is 2. The van der Waals surface area contributed by atoms with Gasteiger partial charge < -0.3 is 10.2 Å². The molecule has 3 nitrogen and oxygen atoms in total. The third kappa shape index (κ3) is 4.49. The molecule has 2 heterocycles. The highest BCUT2D eigenvalue weighted by Crippen LogP contribution is 2.21. The van der Waals surface area contributed by atoms with Crippen LogP contribution in [-0.2, 0) is 0 Å². The Kier molecular flexibility index (Phi) is 6.16. The minimum absolute atomic E-state index is 0.607. The van der Waals surface area contributed by atoms with Crippen molar-refractivity contribution >= 4 is 0 Å². The number of likely N-dealkylation sites (tertiary alicyclic amines) is 2. The highest BCUT2D eigenvalue weighted by atomic mass is 15.2. The Morgan fingerprint density at radius 1 is 1.16 bits per heavy atom. The number of terminal acetylenes is 1. The van der Waals surface area contributed by atoms with Gasteiger partial charge in [0.2, 0.25) is 0 Å². The van der Waals surface area contributed by atoms with Gasteiger partial charge in [-0.25, -0.2) is 0 Å². The topological polar surface area (TPSA) is 18.5 Å². The Hall–Kier alpha value is -0.560. The summed E-state index contributed by atoms with van der Waals surface area (Å²) >= 11 is 0. The van der Waals surface area contributed by atoms with Crippen LogP contribution in [-0.4, -0.2) is 61.2 Å². The fourth-order valence-electron chi connectivity index (χ4n) is 3.46. The molecule has 0 spiro atoms. The lowest BCUT2D eigenvalue weighted by atomic mass is 9.99. The van der Waals surface area contributed by atoms with Crippen molar-refractivity contribution in [1.29, 1.82) is 0 Å². The molecule has 2 aliphatic heterocycles. The zero-order valence-electron chi connectivity index (χ0n) is 12.4. The predicted molar refractivity (Wildman–Crippen MR) is 81.2 cm³/mol. The fraction of sp³-hybridized carbons (Fsp3) is 0.875. The van der Waals surface area contributed by atoms with Gasteiger partial charge >= 0.3 is 0 Å². The number of hydrogen-bond acceptors (Lipinski definition) is 3. The van der Waals surface area contributed by atoms with E-state index >= 15 is 0 Å². The maximum Gasteiger partial charge on any atom is 0.0574 e. The minimum atomic E-state index is 0.607. The number of rotatable bonds is 5. The number of nitrogens with one attached hydrogen (secondary N) is 1. The van der Waals surface area contributed by atoms with Gasteiger partial charge in [0.05, 0.1) is 6.54 Å². The van der Waals surface area contributed by atoms with Gasteiger partial charge in [-0.3, -0.25) is 4.90 Å². The predicted octanol–water partition coefficient (Wildman–Crippen LogP) is 1.55. The standard InChI is InChI=1S/C16H29N3/c1-3-9-17-14-15(2)18-12-7-16(8-13-18)19-10-5-4-6-11-19/h1,15-17H,4-14H2,2H3. The summed E-state index contributed by atoms with van der Waals surface area (Å²) in [4.78, 5) is 5.35. The van der Waals surface area contributed by atoms with Crippen molar-refractivity contribution < 1.29 is 0 Å². The van der Waals surface area contributed by atoms with Crippen LogP contribution in [0.25, 0.3) is 0 Å². The Morgan fingerprint density at radius 2 is 1.84 bits per heavy atom. The molecule has 2 fully saturated rings. The van der Waals surface area contributed by atoms with Crippen LogP contribution in [0.3, 0.4) is 0 Å². The molecule has 1 unspecified atom stereocenters. The summed E-state index contributed by atoms with van der Waals surface area (Å²) in [5.41, 5.74) is 0. The molecule has 2 rings (SSSR count). The molecule has 1 atom stereocenters. The van der Waals surface area contributed by atoms with Gasteiger partial charge in [0.1, 0.15) is 0 Å². The van der Waals surface area contributed by atoms with Crippen molar-refractivity contribution in [3.8, 4) is 12.3 Å². The molecule has 0 bridgehead atoms. The summed E-state index contributed by atoms with van der Waals surface area (Å²) in [7, 11) is 0. The zero-order chi connectivity index (χ0) is 13.5. The summed E-state index contributed by atoms with van der Waals surface area (Å²) in [6.45, 7) is 9.19. The molecular weight excluding hydrogens is 234 g/mol. The normalized spacial score (nSPS) is 25.1. The third-order valence-corrected chi connectivity index (χ3v) is 4.70. The van der Waals surface area contributed by atoms with Crippen molar-refractivity contribution in [3.63, 3.8) is 0 Å². The monoisotopic (exact) mass is 263 g/mol. The van der Waals surface area contributed by atoms with E-state index in [1.54, 1.807) is 0 Å². The zero-order valence-corrected chi connectivity index (χ0v) is 12.4. The Labute approximate surface area is 118 Å². The van der Waals surface area contributed by atoms with Crippen LogP contribution >= 0.6 is 0 Å². The third-order valence-electron chi connectivity index (χ3n) is 4.70. The fourth-order valence-corrected chi connectivity index (χ4v) is 3.46. The van der Waals surface area contributed by atoms with E-state index in [0.717, 1.165) is 12.6 Å². The average molecular weight is 263 g/mol. The highest BCUT2D eigenvalue weighted by Gasteiger charge is 2.27. The van der Waals surface area contributed by atoms with Crippen molar-refractivity contribution in [1.82, 2.24) is 15.1 Å². The lowest BCUT2D eigenvalue weighted by molar-refractivity contribution is 0.0760. The molecule has 0 aliphatic carbocycles. The molecule has 0 amide bonds. The molecule has 108 valence electrons.